The molecule has 0 radical (unpaired) electrons. The SMILES string of the molecule is CSc1nc(C(=O)N2CCCSc3ccccc32)c2ccccn12. The normalized spacial score (nSPS) is 14.5. The van der Waals surface area contributed by atoms with E-state index in [0.717, 1.165) is 40.0 Å². The minimum absolute atomic E-state index is 0.0195. The molecule has 2 aromatic heterocycles. The van der Waals surface area contributed by atoms with Crippen LogP contribution < -0.4 is 4.90 Å². The number of hydrogen-bond donors (Lipinski definition) is 0. The van der Waals surface area contributed by atoms with Crippen LogP contribution in [0.4, 0.5) is 5.69 Å². The van der Waals surface area contributed by atoms with E-state index in [-0.39, 0.29) is 5.91 Å². The highest BCUT2D eigenvalue weighted by Crippen LogP contribution is 2.34. The third-order valence-corrected chi connectivity index (χ3v) is 5.89. The maximum absolute atomic E-state index is 13.3. The van der Waals surface area contributed by atoms with Crippen molar-refractivity contribution >= 4 is 40.6 Å². The monoisotopic (exact) mass is 355 g/mol. The predicted molar refractivity (Wildman–Crippen MR) is 100 cm³/mol. The lowest BCUT2D eigenvalue weighted by Crippen LogP contribution is -2.32. The first-order chi connectivity index (χ1) is 11.8. The summed E-state index contributed by atoms with van der Waals surface area (Å²) in [6, 6.07) is 14.0. The quantitative estimate of drug-likeness (QED) is 0.646. The van der Waals surface area contributed by atoms with Gasteiger partial charge in [0.1, 0.15) is 0 Å². The van der Waals surface area contributed by atoms with Crippen LogP contribution in [-0.2, 0) is 0 Å². The maximum atomic E-state index is 13.3. The highest BCUT2D eigenvalue weighted by molar-refractivity contribution is 7.99. The van der Waals surface area contributed by atoms with Crippen molar-refractivity contribution < 1.29 is 4.79 Å². The van der Waals surface area contributed by atoms with Crippen molar-refractivity contribution in [2.75, 3.05) is 23.5 Å². The summed E-state index contributed by atoms with van der Waals surface area (Å²) in [5.41, 5.74) is 2.38. The first-order valence-electron chi connectivity index (χ1n) is 7.84. The van der Waals surface area contributed by atoms with Crippen LogP contribution in [0.25, 0.3) is 5.52 Å². The van der Waals surface area contributed by atoms with Gasteiger partial charge in [-0.2, -0.15) is 0 Å². The van der Waals surface area contributed by atoms with Gasteiger partial charge in [-0.25, -0.2) is 4.98 Å². The van der Waals surface area contributed by atoms with Crippen molar-refractivity contribution in [1.29, 1.82) is 0 Å². The summed E-state index contributed by atoms with van der Waals surface area (Å²) in [4.78, 5) is 21.0. The van der Waals surface area contributed by atoms with E-state index in [9.17, 15) is 4.79 Å². The van der Waals surface area contributed by atoms with Crippen molar-refractivity contribution in [1.82, 2.24) is 9.38 Å². The number of hydrogen-bond acceptors (Lipinski definition) is 4. The van der Waals surface area contributed by atoms with Crippen molar-refractivity contribution in [3.63, 3.8) is 0 Å². The smallest absolute Gasteiger partial charge is 0.279 e. The predicted octanol–water partition coefficient (Wildman–Crippen LogP) is 4.20. The Morgan fingerprint density at radius 3 is 2.92 bits per heavy atom. The molecule has 1 amide bonds. The Bertz CT molecular complexity index is 906. The van der Waals surface area contributed by atoms with Crippen LogP contribution in [0, 0.1) is 0 Å². The van der Waals surface area contributed by atoms with Gasteiger partial charge < -0.3 is 4.90 Å². The zero-order chi connectivity index (χ0) is 16.5. The van der Waals surface area contributed by atoms with Crippen molar-refractivity contribution in [3.8, 4) is 0 Å². The van der Waals surface area contributed by atoms with E-state index >= 15 is 0 Å². The third kappa shape index (κ3) is 2.59. The largest absolute Gasteiger partial charge is 0.306 e. The molecule has 0 fully saturated rings. The number of imidazole rings is 1. The van der Waals surface area contributed by atoms with E-state index in [0.29, 0.717) is 5.69 Å². The number of carbonyl (C=O) groups is 1. The fraction of sp³-hybridized carbons (Fsp3) is 0.222. The standard InChI is InChI=1S/C18H17N3OS2/c1-23-18-19-16(14-8-4-5-10-21(14)18)17(22)20-11-6-12-24-15-9-3-2-7-13(15)20/h2-5,7-10H,6,11-12H2,1H3. The van der Waals surface area contributed by atoms with Crippen LogP contribution in [0.15, 0.2) is 58.7 Å². The summed E-state index contributed by atoms with van der Waals surface area (Å²) in [5, 5.41) is 0.839. The number of anilines is 1. The average Bonchev–Trinajstić information content (AvgIpc) is 2.87. The second kappa shape index (κ2) is 6.53. The molecule has 122 valence electrons. The summed E-state index contributed by atoms with van der Waals surface area (Å²) in [5.74, 6) is 1.01. The van der Waals surface area contributed by atoms with Crippen LogP contribution >= 0.6 is 23.5 Å². The van der Waals surface area contributed by atoms with Crippen LogP contribution in [0.3, 0.4) is 0 Å². The number of thioether (sulfide) groups is 2. The van der Waals surface area contributed by atoms with Crippen LogP contribution in [-0.4, -0.2) is 33.8 Å². The molecule has 1 aromatic carbocycles. The Hall–Kier alpha value is -1.92. The molecule has 0 spiro atoms. The van der Waals surface area contributed by atoms with E-state index in [4.69, 9.17) is 0 Å². The number of rotatable bonds is 2. The molecule has 0 atom stereocenters. The molecule has 0 aliphatic carbocycles. The van der Waals surface area contributed by atoms with Crippen LogP contribution in [0.5, 0.6) is 0 Å². The average molecular weight is 355 g/mol. The molecular weight excluding hydrogens is 338 g/mol. The Labute approximate surface area is 149 Å². The van der Waals surface area contributed by atoms with Gasteiger partial charge in [-0.05, 0) is 42.7 Å². The van der Waals surface area contributed by atoms with E-state index < -0.39 is 0 Å². The Morgan fingerprint density at radius 1 is 1.21 bits per heavy atom. The minimum Gasteiger partial charge on any atom is -0.306 e. The van der Waals surface area contributed by atoms with E-state index in [1.54, 1.807) is 11.8 Å². The van der Waals surface area contributed by atoms with Crippen LogP contribution in [0.1, 0.15) is 16.9 Å². The van der Waals surface area contributed by atoms with E-state index in [2.05, 4.69) is 11.1 Å². The minimum atomic E-state index is -0.0195. The second-order valence-corrected chi connectivity index (χ2v) is 7.44. The first-order valence-corrected chi connectivity index (χ1v) is 10.1. The fourth-order valence-corrected chi connectivity index (χ4v) is 4.51. The van der Waals surface area contributed by atoms with Gasteiger partial charge in [-0.1, -0.05) is 30.0 Å². The number of aromatic nitrogens is 2. The lowest BCUT2D eigenvalue weighted by molar-refractivity contribution is 0.0983. The zero-order valence-corrected chi connectivity index (χ0v) is 14.9. The summed E-state index contributed by atoms with van der Waals surface area (Å²) in [7, 11) is 0. The molecular formula is C18H17N3OS2. The van der Waals surface area contributed by atoms with Gasteiger partial charge in [0.15, 0.2) is 10.9 Å². The molecule has 6 heteroatoms. The van der Waals surface area contributed by atoms with Crippen molar-refractivity contribution in [2.24, 2.45) is 0 Å². The van der Waals surface area contributed by atoms with Gasteiger partial charge in [0.05, 0.1) is 11.2 Å². The molecule has 0 N–H and O–H groups in total. The molecule has 0 saturated carbocycles. The van der Waals surface area contributed by atoms with Crippen LogP contribution in [0.2, 0.25) is 0 Å². The number of carbonyl (C=O) groups excluding carboxylic acids is 1. The van der Waals surface area contributed by atoms with Gasteiger partial charge >= 0.3 is 0 Å². The number of nitrogens with zero attached hydrogens (tertiary/aromatic N) is 3. The number of benzene rings is 1. The maximum Gasteiger partial charge on any atom is 0.279 e. The summed E-state index contributed by atoms with van der Waals surface area (Å²) in [6.45, 7) is 0.725. The topological polar surface area (TPSA) is 37.6 Å². The molecule has 0 saturated heterocycles. The first kappa shape index (κ1) is 15.6. The molecule has 0 bridgehead atoms. The summed E-state index contributed by atoms with van der Waals surface area (Å²) < 4.78 is 1.98. The molecule has 1 aliphatic rings. The summed E-state index contributed by atoms with van der Waals surface area (Å²) in [6.07, 6.45) is 4.91. The number of fused-ring (bicyclic) bond motifs is 2. The highest BCUT2D eigenvalue weighted by Gasteiger charge is 2.26. The molecule has 0 unspecified atom stereocenters. The second-order valence-electron chi connectivity index (χ2n) is 5.53. The fourth-order valence-electron chi connectivity index (χ4n) is 2.98. The van der Waals surface area contributed by atoms with Gasteiger partial charge in [0, 0.05) is 17.6 Å². The third-order valence-electron chi connectivity index (χ3n) is 4.09. The van der Waals surface area contributed by atoms with Crippen molar-refractivity contribution in [3.05, 3.63) is 54.4 Å². The van der Waals surface area contributed by atoms with Gasteiger partial charge in [-0.15, -0.1) is 11.8 Å². The summed E-state index contributed by atoms with van der Waals surface area (Å²) >= 11 is 3.37. The van der Waals surface area contributed by atoms with Gasteiger partial charge in [0.25, 0.3) is 5.91 Å². The number of para-hydroxylation sites is 1. The molecule has 4 nitrogen and oxygen atoms in total. The van der Waals surface area contributed by atoms with Gasteiger partial charge in [-0.3, -0.25) is 9.20 Å². The highest BCUT2D eigenvalue weighted by atomic mass is 32.2. The molecule has 4 rings (SSSR count). The number of pyridine rings is 1. The lowest BCUT2D eigenvalue weighted by Gasteiger charge is -2.21. The Kier molecular flexibility index (Phi) is 4.24. The number of amides is 1. The zero-order valence-electron chi connectivity index (χ0n) is 13.3. The van der Waals surface area contributed by atoms with E-state index in [1.807, 2.05) is 69.9 Å². The molecule has 1 aliphatic heterocycles. The van der Waals surface area contributed by atoms with Gasteiger partial charge in [0.2, 0.25) is 0 Å². The molecule has 24 heavy (non-hydrogen) atoms. The Balaban J connectivity index is 1.82. The van der Waals surface area contributed by atoms with Crippen molar-refractivity contribution in [2.45, 2.75) is 16.5 Å². The van der Waals surface area contributed by atoms with E-state index in [1.165, 1.54) is 0 Å². The molecule has 3 aromatic rings. The molecule has 3 heterocycles. The Morgan fingerprint density at radius 2 is 2.04 bits per heavy atom. The lowest BCUT2D eigenvalue weighted by atomic mass is 10.2.